The Kier molecular flexibility index (Phi) is 3.45. The van der Waals surface area contributed by atoms with Crippen LogP contribution in [0.3, 0.4) is 0 Å². The van der Waals surface area contributed by atoms with Gasteiger partial charge in [0, 0.05) is 24.5 Å². The van der Waals surface area contributed by atoms with Gasteiger partial charge in [-0.25, -0.2) is 0 Å². The number of hydrogen-bond donors (Lipinski definition) is 1. The first-order chi connectivity index (χ1) is 12.1. The summed E-state index contributed by atoms with van der Waals surface area (Å²) in [6, 6.07) is 5.21. The molecule has 2 heterocycles. The molecule has 0 radical (unpaired) electrons. The highest BCUT2D eigenvalue weighted by molar-refractivity contribution is 5.64. The second-order valence-electron chi connectivity index (χ2n) is 9.35. The first kappa shape index (κ1) is 16.0. The van der Waals surface area contributed by atoms with Crippen molar-refractivity contribution in [1.29, 1.82) is 0 Å². The van der Waals surface area contributed by atoms with Crippen LogP contribution < -0.4 is 4.90 Å². The van der Waals surface area contributed by atoms with Crippen LogP contribution in [0.1, 0.15) is 63.0 Å². The van der Waals surface area contributed by atoms with Crippen LogP contribution >= 0.6 is 0 Å². The quantitative estimate of drug-likeness (QED) is 0.835. The van der Waals surface area contributed by atoms with Crippen LogP contribution in [0.5, 0.6) is 5.75 Å². The van der Waals surface area contributed by atoms with Crippen molar-refractivity contribution in [2.45, 2.75) is 69.7 Å². The number of piperidine rings is 1. The van der Waals surface area contributed by atoms with Crippen molar-refractivity contribution in [3.8, 4) is 5.75 Å². The van der Waals surface area contributed by atoms with Crippen molar-refractivity contribution in [2.75, 3.05) is 31.6 Å². The molecule has 3 heteroatoms. The van der Waals surface area contributed by atoms with E-state index in [0.717, 1.165) is 25.2 Å². The van der Waals surface area contributed by atoms with Crippen LogP contribution in [0.4, 0.5) is 5.69 Å². The number of phenolic OH excluding ortho intramolecular Hbond substituents is 1. The molecule has 0 aromatic heterocycles. The number of aromatic hydroxyl groups is 1. The number of rotatable bonds is 1. The Morgan fingerprint density at radius 3 is 2.56 bits per heavy atom. The molecule has 1 saturated carbocycles. The monoisotopic (exact) mass is 340 g/mol. The van der Waals surface area contributed by atoms with Crippen molar-refractivity contribution >= 4 is 5.69 Å². The minimum absolute atomic E-state index is 0.289. The molecule has 2 bridgehead atoms. The van der Waals surface area contributed by atoms with Gasteiger partial charge in [-0.2, -0.15) is 0 Å². The van der Waals surface area contributed by atoms with Crippen molar-refractivity contribution < 1.29 is 5.11 Å². The van der Waals surface area contributed by atoms with E-state index in [1.165, 1.54) is 62.6 Å². The Labute approximate surface area is 152 Å². The van der Waals surface area contributed by atoms with Gasteiger partial charge in [0.2, 0.25) is 0 Å². The Hall–Kier alpha value is -1.22. The lowest BCUT2D eigenvalue weighted by Crippen LogP contribution is -2.66. The lowest BCUT2D eigenvalue weighted by atomic mass is 9.45. The number of likely N-dealkylation sites (N-methyl/N-ethyl adjacent to an activating group) is 1. The van der Waals surface area contributed by atoms with Crippen molar-refractivity contribution in [3.63, 3.8) is 0 Å². The molecule has 2 saturated heterocycles. The molecule has 25 heavy (non-hydrogen) atoms. The average molecular weight is 341 g/mol. The zero-order valence-corrected chi connectivity index (χ0v) is 15.9. The van der Waals surface area contributed by atoms with Gasteiger partial charge in [0.15, 0.2) is 0 Å². The fourth-order valence-corrected chi connectivity index (χ4v) is 6.96. The summed E-state index contributed by atoms with van der Waals surface area (Å²) >= 11 is 0. The maximum absolute atomic E-state index is 10.9. The highest BCUT2D eigenvalue weighted by atomic mass is 16.3. The maximum atomic E-state index is 10.9. The minimum Gasteiger partial charge on any atom is -0.506 e. The SMILES string of the molecule is CN1CC[C@@]23CCCC[C@]2(C)[C@@H]1Cc1cc(N2CCCC2)c(O)cc13. The van der Waals surface area contributed by atoms with Gasteiger partial charge in [0.1, 0.15) is 5.75 Å². The zero-order valence-electron chi connectivity index (χ0n) is 15.9. The second-order valence-corrected chi connectivity index (χ2v) is 9.35. The molecule has 0 unspecified atom stereocenters. The molecule has 1 aromatic rings. The van der Waals surface area contributed by atoms with Crippen LogP contribution in [0, 0.1) is 5.41 Å². The molecule has 3 atom stereocenters. The van der Waals surface area contributed by atoms with E-state index in [0.29, 0.717) is 17.2 Å². The topological polar surface area (TPSA) is 26.7 Å². The molecule has 2 aliphatic heterocycles. The van der Waals surface area contributed by atoms with Gasteiger partial charge < -0.3 is 14.9 Å². The largest absolute Gasteiger partial charge is 0.506 e. The van der Waals surface area contributed by atoms with Gasteiger partial charge in [-0.1, -0.05) is 19.8 Å². The number of nitrogens with zero attached hydrogens (tertiary/aromatic N) is 2. The number of likely N-dealkylation sites (tertiary alicyclic amines) is 1. The summed E-state index contributed by atoms with van der Waals surface area (Å²) in [5.41, 5.74) is 4.77. The maximum Gasteiger partial charge on any atom is 0.139 e. The van der Waals surface area contributed by atoms with Gasteiger partial charge in [-0.15, -0.1) is 0 Å². The van der Waals surface area contributed by atoms with Crippen LogP contribution in [0.2, 0.25) is 0 Å². The summed E-state index contributed by atoms with van der Waals surface area (Å²) in [5, 5.41) is 10.9. The second kappa shape index (κ2) is 5.39. The zero-order chi connectivity index (χ0) is 17.2. The van der Waals surface area contributed by atoms with E-state index in [1.54, 1.807) is 0 Å². The fraction of sp³-hybridized carbons (Fsp3) is 0.727. The van der Waals surface area contributed by atoms with Crippen molar-refractivity contribution in [2.24, 2.45) is 5.41 Å². The van der Waals surface area contributed by atoms with E-state index < -0.39 is 0 Å². The van der Waals surface area contributed by atoms with Crippen LogP contribution in [0.15, 0.2) is 12.1 Å². The van der Waals surface area contributed by atoms with Crippen molar-refractivity contribution in [1.82, 2.24) is 4.90 Å². The van der Waals surface area contributed by atoms with E-state index in [2.05, 4.69) is 35.9 Å². The number of anilines is 1. The Balaban J connectivity index is 1.67. The number of fused-ring (bicyclic) bond motifs is 1. The van der Waals surface area contributed by atoms with Gasteiger partial charge in [0.25, 0.3) is 0 Å². The summed E-state index contributed by atoms with van der Waals surface area (Å²) in [6.45, 7) is 5.95. The molecule has 0 amide bonds. The summed E-state index contributed by atoms with van der Waals surface area (Å²) in [4.78, 5) is 5.02. The number of hydrogen-bond acceptors (Lipinski definition) is 3. The Morgan fingerprint density at radius 2 is 1.76 bits per heavy atom. The predicted octanol–water partition coefficient (Wildman–Crippen LogP) is 4.07. The van der Waals surface area contributed by atoms with Crippen molar-refractivity contribution in [3.05, 3.63) is 23.3 Å². The molecule has 1 aromatic carbocycles. The Bertz CT molecular complexity index is 696. The molecule has 2 aliphatic carbocycles. The standard InChI is InChI=1S/C22H32N2O/c1-21-7-3-4-8-22(21)9-12-23(2)20(21)14-16-13-18(19(25)15-17(16)22)24-10-5-6-11-24/h13,15,20,25H,3-12,14H2,1-2H3/t20-,21+,22+/m0/s1. The molecular weight excluding hydrogens is 308 g/mol. The van der Waals surface area contributed by atoms with E-state index in [1.807, 2.05) is 0 Å². The highest BCUT2D eigenvalue weighted by Gasteiger charge is 2.60. The molecule has 3 fully saturated rings. The van der Waals surface area contributed by atoms with E-state index in [4.69, 9.17) is 0 Å². The summed E-state index contributed by atoms with van der Waals surface area (Å²) < 4.78 is 0. The number of benzene rings is 1. The first-order valence-electron chi connectivity index (χ1n) is 10.4. The normalized spacial score (nSPS) is 37.7. The third-order valence-corrected chi connectivity index (χ3v) is 8.38. The lowest BCUT2D eigenvalue weighted by molar-refractivity contribution is -0.0735. The fourth-order valence-electron chi connectivity index (χ4n) is 6.96. The first-order valence-corrected chi connectivity index (χ1v) is 10.4. The molecular formula is C22H32N2O. The predicted molar refractivity (Wildman–Crippen MR) is 103 cm³/mol. The molecule has 5 rings (SSSR count). The summed E-state index contributed by atoms with van der Waals surface area (Å²) in [7, 11) is 2.33. The van der Waals surface area contributed by atoms with Gasteiger partial charge in [0.05, 0.1) is 5.69 Å². The van der Waals surface area contributed by atoms with E-state index in [-0.39, 0.29) is 5.41 Å². The number of phenols is 1. The third-order valence-electron chi connectivity index (χ3n) is 8.38. The van der Waals surface area contributed by atoms with E-state index >= 15 is 0 Å². The smallest absolute Gasteiger partial charge is 0.139 e. The van der Waals surface area contributed by atoms with Crippen LogP contribution in [0.25, 0.3) is 0 Å². The summed E-state index contributed by atoms with van der Waals surface area (Å²) in [6.07, 6.45) is 10.3. The molecule has 1 N–H and O–H groups in total. The third kappa shape index (κ3) is 2.02. The summed E-state index contributed by atoms with van der Waals surface area (Å²) in [5.74, 6) is 0.528. The molecule has 136 valence electrons. The van der Waals surface area contributed by atoms with Gasteiger partial charge in [-0.3, -0.25) is 0 Å². The molecule has 0 spiro atoms. The van der Waals surface area contributed by atoms with Gasteiger partial charge in [-0.05, 0) is 80.8 Å². The van der Waals surface area contributed by atoms with Gasteiger partial charge >= 0.3 is 0 Å². The molecule has 4 aliphatic rings. The van der Waals surface area contributed by atoms with Crippen LogP contribution in [-0.2, 0) is 11.8 Å². The Morgan fingerprint density at radius 1 is 1.00 bits per heavy atom. The molecule has 3 nitrogen and oxygen atoms in total. The minimum atomic E-state index is 0.289. The average Bonchev–Trinajstić information content (AvgIpc) is 3.12. The lowest BCUT2D eigenvalue weighted by Gasteiger charge is -2.65. The van der Waals surface area contributed by atoms with Crippen LogP contribution in [-0.4, -0.2) is 42.7 Å². The highest BCUT2D eigenvalue weighted by Crippen LogP contribution is 2.63. The van der Waals surface area contributed by atoms with E-state index in [9.17, 15) is 5.11 Å².